The van der Waals surface area contributed by atoms with Gasteiger partial charge in [0.15, 0.2) is 0 Å². The molecule has 0 atom stereocenters. The number of hydrogen-bond donors (Lipinski definition) is 0. The fourth-order valence-corrected chi connectivity index (χ4v) is 8.69. The zero-order chi connectivity index (χ0) is 31.6. The number of rotatable bonds is 4. The Morgan fingerprint density at radius 1 is 0.562 bits per heavy atom. The summed E-state index contributed by atoms with van der Waals surface area (Å²) in [5, 5.41) is 7.97. The van der Waals surface area contributed by atoms with Crippen LogP contribution in [0.4, 0.5) is 0 Å². The third kappa shape index (κ3) is 5.80. The molecule has 2 heterocycles. The Balaban J connectivity index is 0.000000149. The van der Waals surface area contributed by atoms with E-state index >= 15 is 0 Å². The summed E-state index contributed by atoms with van der Waals surface area (Å²) in [6.07, 6.45) is 0. The van der Waals surface area contributed by atoms with Gasteiger partial charge in [0.1, 0.15) is 12.7 Å². The average Bonchev–Trinajstić information content (AvgIpc) is 3.54. The minimum Gasteiger partial charge on any atom is -0.501 e. The quantitative estimate of drug-likeness (QED) is 0.131. The van der Waals surface area contributed by atoms with E-state index in [1.807, 2.05) is 152 Å². The fraction of sp³-hybridized carbons (Fsp3) is 0. The smallest absolute Gasteiger partial charge is 0.147 e. The number of fused-ring (bicyclic) bond motifs is 5. The molecule has 0 spiro atoms. The molecular weight excluding hydrogens is 786 g/mol. The van der Waals surface area contributed by atoms with Gasteiger partial charge in [0.05, 0.1) is 11.1 Å². The van der Waals surface area contributed by atoms with Crippen molar-refractivity contribution in [1.82, 2.24) is 4.98 Å². The number of hydrogen-bond acceptors (Lipinski definition) is 3. The normalized spacial score (nSPS) is 11.2. The van der Waals surface area contributed by atoms with Crippen LogP contribution >= 0.6 is 7.14 Å². The molecule has 3 nitrogen and oxygen atoms in total. The summed E-state index contributed by atoms with van der Waals surface area (Å²) in [7, 11) is -2.94. The van der Waals surface area contributed by atoms with E-state index in [0.29, 0.717) is 0 Å². The van der Waals surface area contributed by atoms with Crippen LogP contribution < -0.4 is 15.9 Å². The van der Waals surface area contributed by atoms with E-state index in [1.165, 1.54) is 0 Å². The first-order valence-corrected chi connectivity index (χ1v) is 17.2. The summed E-state index contributed by atoms with van der Waals surface area (Å²) in [5.74, 6) is 0. The van der Waals surface area contributed by atoms with Crippen molar-refractivity contribution in [3.8, 4) is 11.3 Å². The zero-order valence-corrected chi connectivity index (χ0v) is 29.0. The van der Waals surface area contributed by atoms with Gasteiger partial charge in [-0.1, -0.05) is 144 Å². The third-order valence-electron chi connectivity index (χ3n) is 8.44. The van der Waals surface area contributed by atoms with Crippen molar-refractivity contribution in [3.05, 3.63) is 182 Å². The summed E-state index contributed by atoms with van der Waals surface area (Å²) in [6.45, 7) is 0. The molecule has 233 valence electrons. The Hall–Kier alpha value is -5.11. The fourth-order valence-electron chi connectivity index (χ4n) is 6.09. The van der Waals surface area contributed by atoms with Gasteiger partial charge in [-0.15, -0.1) is 35.0 Å². The predicted molar refractivity (Wildman–Crippen MR) is 195 cm³/mol. The first-order valence-electron chi connectivity index (χ1n) is 15.5. The van der Waals surface area contributed by atoms with E-state index in [4.69, 9.17) is 9.40 Å². The van der Waals surface area contributed by atoms with Gasteiger partial charge in [0, 0.05) is 36.1 Å². The van der Waals surface area contributed by atoms with Crippen molar-refractivity contribution >= 4 is 66.7 Å². The van der Waals surface area contributed by atoms with E-state index in [0.717, 1.165) is 70.8 Å². The van der Waals surface area contributed by atoms with E-state index in [-0.39, 0.29) is 20.1 Å². The van der Waals surface area contributed by atoms with E-state index in [9.17, 15) is 4.57 Å². The molecule has 0 aliphatic rings. The van der Waals surface area contributed by atoms with Crippen molar-refractivity contribution in [1.29, 1.82) is 0 Å². The van der Waals surface area contributed by atoms with Gasteiger partial charge in [0.25, 0.3) is 0 Å². The van der Waals surface area contributed by atoms with Crippen molar-refractivity contribution < 1.29 is 29.1 Å². The summed E-state index contributed by atoms with van der Waals surface area (Å²) in [6, 6.07) is 62.4. The van der Waals surface area contributed by atoms with Crippen LogP contribution in [0.3, 0.4) is 0 Å². The number of pyridine rings is 1. The second kappa shape index (κ2) is 13.6. The van der Waals surface area contributed by atoms with Crippen LogP contribution in [0, 0.1) is 12.1 Å². The Morgan fingerprint density at radius 3 is 1.94 bits per heavy atom. The van der Waals surface area contributed by atoms with Crippen LogP contribution in [-0.2, 0) is 24.7 Å². The van der Waals surface area contributed by atoms with Gasteiger partial charge in [0.2, 0.25) is 0 Å². The number of nitrogens with zero attached hydrogens (tertiary/aromatic N) is 1. The molecule has 0 unspecified atom stereocenters. The maximum atomic E-state index is 14.2. The molecule has 0 aliphatic heterocycles. The van der Waals surface area contributed by atoms with Crippen LogP contribution in [0.1, 0.15) is 0 Å². The van der Waals surface area contributed by atoms with Gasteiger partial charge in [-0.25, -0.2) is 0 Å². The maximum absolute atomic E-state index is 14.2. The molecule has 0 saturated carbocycles. The Kier molecular flexibility index (Phi) is 8.89. The van der Waals surface area contributed by atoms with Crippen molar-refractivity contribution in [3.63, 3.8) is 0 Å². The SMILES string of the molecule is O=P(c1[c-]cc2ccccc2c1)(c1ccccc1)c1ccccc1.[Ir].[c-]1ccc2c(oc3ccccc32)c1-c1ccc2ccccc2n1. The number of aromatic nitrogens is 1. The first-order chi connectivity index (χ1) is 23.2. The number of para-hydroxylation sites is 2. The van der Waals surface area contributed by atoms with Crippen LogP contribution in [0.5, 0.6) is 0 Å². The van der Waals surface area contributed by atoms with Crippen molar-refractivity contribution in [2.45, 2.75) is 0 Å². The maximum Gasteiger partial charge on any atom is 0.147 e. The van der Waals surface area contributed by atoms with Gasteiger partial charge in [-0.05, 0) is 23.2 Å². The average molecular weight is 814 g/mol. The van der Waals surface area contributed by atoms with Gasteiger partial charge in [-0.2, -0.15) is 18.2 Å². The van der Waals surface area contributed by atoms with Crippen LogP contribution in [0.2, 0.25) is 0 Å². The van der Waals surface area contributed by atoms with E-state index in [1.54, 1.807) is 0 Å². The minimum atomic E-state index is -2.94. The Labute approximate surface area is 292 Å². The molecule has 0 bridgehead atoms. The summed E-state index contributed by atoms with van der Waals surface area (Å²) in [4.78, 5) is 4.77. The van der Waals surface area contributed by atoms with Gasteiger partial charge < -0.3 is 8.98 Å². The largest absolute Gasteiger partial charge is 0.501 e. The molecule has 0 aliphatic carbocycles. The van der Waals surface area contributed by atoms with E-state index in [2.05, 4.69) is 30.3 Å². The Bertz CT molecular complexity index is 2520. The second-order valence-electron chi connectivity index (χ2n) is 11.3. The molecular formula is C43H28IrNO2P-2. The van der Waals surface area contributed by atoms with Gasteiger partial charge >= 0.3 is 0 Å². The third-order valence-corrected chi connectivity index (χ3v) is 11.4. The first kappa shape index (κ1) is 31.5. The van der Waals surface area contributed by atoms with Gasteiger partial charge in [-0.3, -0.25) is 4.98 Å². The molecule has 0 N–H and O–H groups in total. The molecule has 48 heavy (non-hydrogen) atoms. The van der Waals surface area contributed by atoms with Crippen LogP contribution in [0.15, 0.2) is 174 Å². The minimum absolute atomic E-state index is 0. The number of furan rings is 1. The van der Waals surface area contributed by atoms with E-state index < -0.39 is 7.14 Å². The zero-order valence-electron chi connectivity index (χ0n) is 25.7. The molecule has 9 aromatic rings. The summed E-state index contributed by atoms with van der Waals surface area (Å²) in [5.41, 5.74) is 4.50. The standard InChI is InChI=1S/C22H16OP.C21H12NO.Ir/c23-24(20-11-3-1-4-12-20,21-13-5-2-6-14-21)22-16-15-18-9-7-8-10-19(18)17-22;1-3-10-18-14(6-1)12-13-19(22-18)17-9-5-8-16-15-7-2-4-11-20(15)23-21(16)17;/h1-15,17H;1-8,10-13H;/q2*-1;. The van der Waals surface area contributed by atoms with Crippen LogP contribution in [-0.4, -0.2) is 4.98 Å². The Morgan fingerprint density at radius 2 is 1.19 bits per heavy atom. The summed E-state index contributed by atoms with van der Waals surface area (Å²) < 4.78 is 20.3. The van der Waals surface area contributed by atoms with Crippen molar-refractivity contribution in [2.75, 3.05) is 0 Å². The molecule has 5 heteroatoms. The van der Waals surface area contributed by atoms with Crippen molar-refractivity contribution in [2.24, 2.45) is 0 Å². The molecule has 9 rings (SSSR count). The van der Waals surface area contributed by atoms with Crippen LogP contribution in [0.25, 0.3) is 54.9 Å². The molecule has 7 aromatic carbocycles. The topological polar surface area (TPSA) is 43.1 Å². The molecule has 0 saturated heterocycles. The molecule has 0 fully saturated rings. The second-order valence-corrected chi connectivity index (χ2v) is 14.0. The number of benzene rings is 7. The monoisotopic (exact) mass is 814 g/mol. The molecule has 0 amide bonds. The molecule has 2 aromatic heterocycles. The predicted octanol–water partition coefficient (Wildman–Crippen LogP) is 9.88. The molecule has 1 radical (unpaired) electrons. The summed E-state index contributed by atoms with van der Waals surface area (Å²) >= 11 is 0.